The van der Waals surface area contributed by atoms with Gasteiger partial charge in [-0.2, -0.15) is 0 Å². The third kappa shape index (κ3) is 4.43. The van der Waals surface area contributed by atoms with E-state index in [-0.39, 0.29) is 0 Å². The number of hydrogen-bond acceptors (Lipinski definition) is 2. The molecule has 0 saturated carbocycles. The summed E-state index contributed by atoms with van der Waals surface area (Å²) in [5.74, 6) is 1.73. The predicted octanol–water partition coefficient (Wildman–Crippen LogP) is 2.09. The lowest BCUT2D eigenvalue weighted by Gasteiger charge is -2.33. The summed E-state index contributed by atoms with van der Waals surface area (Å²) >= 11 is 0. The highest BCUT2D eigenvalue weighted by molar-refractivity contribution is 4.73. The van der Waals surface area contributed by atoms with Crippen molar-refractivity contribution in [2.45, 2.75) is 39.5 Å². The van der Waals surface area contributed by atoms with Crippen molar-refractivity contribution in [3.63, 3.8) is 0 Å². The van der Waals surface area contributed by atoms with Crippen LogP contribution in [-0.2, 0) is 0 Å². The fraction of sp³-hybridized carbons (Fsp3) is 1.00. The van der Waals surface area contributed by atoms with Crippen LogP contribution in [0.5, 0.6) is 0 Å². The fourth-order valence-electron chi connectivity index (χ4n) is 2.48. The van der Waals surface area contributed by atoms with Gasteiger partial charge in [0, 0.05) is 13.1 Å². The van der Waals surface area contributed by atoms with E-state index in [9.17, 15) is 0 Å². The van der Waals surface area contributed by atoms with E-state index in [1.54, 1.807) is 0 Å². The molecule has 14 heavy (non-hydrogen) atoms. The van der Waals surface area contributed by atoms with Crippen LogP contribution in [0.1, 0.15) is 39.5 Å². The molecule has 0 spiro atoms. The Bertz CT molecular complexity index is 145. The maximum atomic E-state index is 5.55. The topological polar surface area (TPSA) is 29.3 Å². The molecule has 0 aliphatic carbocycles. The Morgan fingerprint density at radius 3 is 2.86 bits per heavy atom. The fourth-order valence-corrected chi connectivity index (χ4v) is 2.48. The molecule has 1 saturated heterocycles. The van der Waals surface area contributed by atoms with Crippen LogP contribution in [0.25, 0.3) is 0 Å². The van der Waals surface area contributed by atoms with Crippen LogP contribution in [0.3, 0.4) is 0 Å². The number of rotatable bonds is 5. The minimum absolute atomic E-state index is 0.809. The smallest absolute Gasteiger partial charge is 0.000978 e. The zero-order valence-corrected chi connectivity index (χ0v) is 9.84. The Hall–Kier alpha value is -0.0800. The van der Waals surface area contributed by atoms with Gasteiger partial charge in [-0.15, -0.1) is 0 Å². The second-order valence-corrected chi connectivity index (χ2v) is 5.09. The van der Waals surface area contributed by atoms with Gasteiger partial charge in [0.15, 0.2) is 0 Å². The molecular formula is C12H26N2. The van der Waals surface area contributed by atoms with E-state index >= 15 is 0 Å². The molecule has 2 heteroatoms. The molecule has 0 radical (unpaired) electrons. The first kappa shape index (κ1) is 12.0. The van der Waals surface area contributed by atoms with Crippen molar-refractivity contribution < 1.29 is 0 Å². The Labute approximate surface area is 88.8 Å². The van der Waals surface area contributed by atoms with Crippen molar-refractivity contribution in [1.29, 1.82) is 0 Å². The maximum absolute atomic E-state index is 5.55. The lowest BCUT2D eigenvalue weighted by Crippen LogP contribution is -2.37. The summed E-state index contributed by atoms with van der Waals surface area (Å²) < 4.78 is 0. The molecule has 1 heterocycles. The number of likely N-dealkylation sites (tertiary alicyclic amines) is 1. The molecule has 0 aromatic heterocycles. The van der Waals surface area contributed by atoms with Gasteiger partial charge in [-0.05, 0) is 50.6 Å². The van der Waals surface area contributed by atoms with Crippen LogP contribution in [0.15, 0.2) is 0 Å². The average molecular weight is 198 g/mol. The molecule has 1 rings (SSSR count). The van der Waals surface area contributed by atoms with E-state index in [1.807, 2.05) is 0 Å². The van der Waals surface area contributed by atoms with Gasteiger partial charge < -0.3 is 10.6 Å². The largest absolute Gasteiger partial charge is 0.330 e. The Morgan fingerprint density at radius 2 is 2.21 bits per heavy atom. The summed E-state index contributed by atoms with van der Waals surface area (Å²) in [7, 11) is 0. The monoisotopic (exact) mass is 198 g/mol. The van der Waals surface area contributed by atoms with Crippen molar-refractivity contribution in [2.24, 2.45) is 17.6 Å². The molecule has 1 aliphatic rings. The molecule has 1 unspecified atom stereocenters. The van der Waals surface area contributed by atoms with Gasteiger partial charge in [0.2, 0.25) is 0 Å². The van der Waals surface area contributed by atoms with Gasteiger partial charge in [-0.25, -0.2) is 0 Å². The van der Waals surface area contributed by atoms with Crippen molar-refractivity contribution in [2.75, 3.05) is 26.2 Å². The van der Waals surface area contributed by atoms with Crippen LogP contribution < -0.4 is 5.73 Å². The van der Waals surface area contributed by atoms with Crippen molar-refractivity contribution in [3.8, 4) is 0 Å². The third-order valence-corrected chi connectivity index (χ3v) is 3.04. The van der Waals surface area contributed by atoms with E-state index < -0.39 is 0 Å². The quantitative estimate of drug-likeness (QED) is 0.733. The van der Waals surface area contributed by atoms with E-state index in [0.717, 1.165) is 18.4 Å². The molecule has 0 aromatic rings. The lowest BCUT2D eigenvalue weighted by atomic mass is 9.93. The van der Waals surface area contributed by atoms with Gasteiger partial charge in [-0.3, -0.25) is 0 Å². The van der Waals surface area contributed by atoms with Crippen LogP contribution in [0, 0.1) is 11.8 Å². The maximum Gasteiger partial charge on any atom is 0.000978 e. The summed E-state index contributed by atoms with van der Waals surface area (Å²) in [6.45, 7) is 9.39. The first-order chi connectivity index (χ1) is 6.72. The van der Waals surface area contributed by atoms with Crippen LogP contribution >= 0.6 is 0 Å². The third-order valence-electron chi connectivity index (χ3n) is 3.04. The summed E-state index contributed by atoms with van der Waals surface area (Å²) in [5.41, 5.74) is 5.55. The van der Waals surface area contributed by atoms with Gasteiger partial charge in [-0.1, -0.05) is 13.8 Å². The number of nitrogens with zero attached hydrogens (tertiary/aromatic N) is 1. The van der Waals surface area contributed by atoms with Gasteiger partial charge >= 0.3 is 0 Å². The molecule has 2 N–H and O–H groups in total. The number of nitrogens with two attached hydrogens (primary N) is 1. The highest BCUT2D eigenvalue weighted by Gasteiger charge is 2.19. The summed E-state index contributed by atoms with van der Waals surface area (Å²) in [6.07, 6.45) is 5.36. The minimum atomic E-state index is 0.809. The molecular weight excluding hydrogens is 172 g/mol. The van der Waals surface area contributed by atoms with E-state index in [0.29, 0.717) is 0 Å². The standard InChI is InChI=1S/C12H26N2/c1-11(2)9-14-8-4-6-12(10-14)5-3-7-13/h11-12H,3-10,13H2,1-2H3. The molecule has 0 aromatic carbocycles. The predicted molar refractivity (Wildman–Crippen MR) is 62.3 cm³/mol. The van der Waals surface area contributed by atoms with Crippen molar-refractivity contribution in [1.82, 2.24) is 4.90 Å². The SMILES string of the molecule is CC(C)CN1CCCC(CCCN)C1. The molecule has 84 valence electrons. The second kappa shape index (κ2) is 6.41. The first-order valence-electron chi connectivity index (χ1n) is 6.14. The number of piperidine rings is 1. The van der Waals surface area contributed by atoms with E-state index in [4.69, 9.17) is 5.73 Å². The van der Waals surface area contributed by atoms with Gasteiger partial charge in [0.1, 0.15) is 0 Å². The molecule has 1 atom stereocenters. The molecule has 0 amide bonds. The normalized spacial score (nSPS) is 24.4. The molecule has 2 nitrogen and oxygen atoms in total. The molecule has 0 bridgehead atoms. The van der Waals surface area contributed by atoms with Crippen molar-refractivity contribution >= 4 is 0 Å². The summed E-state index contributed by atoms with van der Waals surface area (Å²) in [4.78, 5) is 2.63. The van der Waals surface area contributed by atoms with E-state index in [2.05, 4.69) is 18.7 Å². The highest BCUT2D eigenvalue weighted by atomic mass is 15.1. The van der Waals surface area contributed by atoms with Gasteiger partial charge in [0.25, 0.3) is 0 Å². The van der Waals surface area contributed by atoms with Crippen molar-refractivity contribution in [3.05, 3.63) is 0 Å². The number of hydrogen-bond donors (Lipinski definition) is 1. The van der Waals surface area contributed by atoms with Crippen LogP contribution in [0.2, 0.25) is 0 Å². The second-order valence-electron chi connectivity index (χ2n) is 5.09. The molecule has 1 aliphatic heterocycles. The summed E-state index contributed by atoms with van der Waals surface area (Å²) in [6, 6.07) is 0. The van der Waals surface area contributed by atoms with Crippen LogP contribution in [0.4, 0.5) is 0 Å². The Balaban J connectivity index is 2.21. The average Bonchev–Trinajstić information content (AvgIpc) is 2.14. The first-order valence-corrected chi connectivity index (χ1v) is 6.14. The summed E-state index contributed by atoms with van der Waals surface area (Å²) in [5, 5.41) is 0. The zero-order chi connectivity index (χ0) is 10.4. The molecule has 1 fully saturated rings. The van der Waals surface area contributed by atoms with Gasteiger partial charge in [0.05, 0.1) is 0 Å². The van der Waals surface area contributed by atoms with E-state index in [1.165, 1.54) is 45.3 Å². The Kier molecular flexibility index (Phi) is 5.49. The minimum Gasteiger partial charge on any atom is -0.330 e. The Morgan fingerprint density at radius 1 is 1.43 bits per heavy atom. The van der Waals surface area contributed by atoms with Crippen LogP contribution in [-0.4, -0.2) is 31.1 Å². The zero-order valence-electron chi connectivity index (χ0n) is 9.84. The highest BCUT2D eigenvalue weighted by Crippen LogP contribution is 2.21. The lowest BCUT2D eigenvalue weighted by molar-refractivity contribution is 0.152.